The number of carbonyl (C=O) groups excluding carboxylic acids is 2. The van der Waals surface area contributed by atoms with Crippen LogP contribution in [0.3, 0.4) is 0 Å². The predicted octanol–water partition coefficient (Wildman–Crippen LogP) is 6.11. The summed E-state index contributed by atoms with van der Waals surface area (Å²) in [5.41, 5.74) is 2.97. The summed E-state index contributed by atoms with van der Waals surface area (Å²) in [4.78, 5) is 28.4. The number of likely N-dealkylation sites (N-methyl/N-ethyl adjacent to an activating group) is 1. The van der Waals surface area contributed by atoms with Crippen LogP contribution >= 0.6 is 39.3 Å². The van der Waals surface area contributed by atoms with Crippen molar-refractivity contribution in [1.29, 1.82) is 0 Å². The fraction of sp³-hybridized carbons (Fsp3) is 0.259. The number of nitrogens with zero attached hydrogens (tertiary/aromatic N) is 1. The number of thioether (sulfide) groups is 1. The third-order valence-electron chi connectivity index (χ3n) is 5.33. The molecule has 1 N–H and O–H groups in total. The molecule has 3 aromatic carbocycles. The van der Waals surface area contributed by atoms with Gasteiger partial charge in [-0.3, -0.25) is 9.59 Å². The van der Waals surface area contributed by atoms with Gasteiger partial charge in [-0.1, -0.05) is 88.2 Å². The summed E-state index contributed by atoms with van der Waals surface area (Å²) in [6.07, 6.45) is 0.449. The minimum absolute atomic E-state index is 0.0767. The number of amides is 2. The molecule has 0 saturated heterocycles. The molecule has 0 saturated carbocycles. The second-order valence-electron chi connectivity index (χ2n) is 7.83. The monoisotopic (exact) mass is 558 g/mol. The molecule has 7 heteroatoms. The van der Waals surface area contributed by atoms with E-state index in [9.17, 15) is 9.59 Å². The van der Waals surface area contributed by atoms with Gasteiger partial charge in [0.15, 0.2) is 0 Å². The van der Waals surface area contributed by atoms with Crippen molar-refractivity contribution < 1.29 is 9.59 Å². The molecule has 34 heavy (non-hydrogen) atoms. The summed E-state index contributed by atoms with van der Waals surface area (Å²) in [5, 5.41) is 3.61. The van der Waals surface area contributed by atoms with Crippen LogP contribution < -0.4 is 5.32 Å². The number of rotatable bonds is 11. The lowest BCUT2D eigenvalue weighted by Gasteiger charge is -2.31. The molecule has 4 nitrogen and oxygen atoms in total. The Morgan fingerprint density at radius 1 is 0.971 bits per heavy atom. The Labute approximate surface area is 219 Å². The third kappa shape index (κ3) is 7.90. The van der Waals surface area contributed by atoms with Gasteiger partial charge in [0, 0.05) is 34.8 Å². The van der Waals surface area contributed by atoms with Crippen LogP contribution in [0.1, 0.15) is 23.6 Å². The average molecular weight is 560 g/mol. The summed E-state index contributed by atoms with van der Waals surface area (Å²) in [6, 6.07) is 24.7. The maximum absolute atomic E-state index is 13.5. The van der Waals surface area contributed by atoms with E-state index < -0.39 is 6.04 Å². The zero-order valence-electron chi connectivity index (χ0n) is 19.0. The zero-order valence-corrected chi connectivity index (χ0v) is 22.2. The second-order valence-corrected chi connectivity index (χ2v) is 10.1. The number of nitrogens with one attached hydrogen (secondary N) is 1. The Hall–Kier alpha value is -2.28. The number of carbonyl (C=O) groups is 2. The highest BCUT2D eigenvalue weighted by Crippen LogP contribution is 2.23. The van der Waals surface area contributed by atoms with Crippen molar-refractivity contribution in [1.82, 2.24) is 10.2 Å². The fourth-order valence-electron chi connectivity index (χ4n) is 3.58. The maximum atomic E-state index is 13.5. The van der Waals surface area contributed by atoms with Crippen LogP contribution in [-0.2, 0) is 28.3 Å². The summed E-state index contributed by atoms with van der Waals surface area (Å²) in [7, 11) is 0. The number of hydrogen-bond donors (Lipinski definition) is 1. The van der Waals surface area contributed by atoms with E-state index in [1.54, 1.807) is 4.90 Å². The van der Waals surface area contributed by atoms with E-state index in [0.29, 0.717) is 30.3 Å². The van der Waals surface area contributed by atoms with Crippen molar-refractivity contribution in [2.24, 2.45) is 0 Å². The number of halogens is 2. The van der Waals surface area contributed by atoms with Crippen LogP contribution in [0.5, 0.6) is 0 Å². The largest absolute Gasteiger partial charge is 0.355 e. The minimum Gasteiger partial charge on any atom is -0.355 e. The molecule has 0 aliphatic rings. The van der Waals surface area contributed by atoms with Crippen molar-refractivity contribution in [3.63, 3.8) is 0 Å². The lowest BCUT2D eigenvalue weighted by atomic mass is 10.0. The third-order valence-corrected chi connectivity index (χ3v) is 7.19. The first-order valence-electron chi connectivity index (χ1n) is 11.1. The van der Waals surface area contributed by atoms with E-state index >= 15 is 0 Å². The molecule has 3 aromatic rings. The summed E-state index contributed by atoms with van der Waals surface area (Å²) < 4.78 is 0.967. The molecule has 3 rings (SSSR count). The molecule has 0 bridgehead atoms. The molecule has 1 atom stereocenters. The second kappa shape index (κ2) is 13.6. The lowest BCUT2D eigenvalue weighted by Crippen LogP contribution is -2.51. The van der Waals surface area contributed by atoms with E-state index in [-0.39, 0.29) is 17.6 Å². The molecule has 0 fully saturated rings. The van der Waals surface area contributed by atoms with Crippen molar-refractivity contribution in [2.45, 2.75) is 31.7 Å². The Morgan fingerprint density at radius 3 is 2.32 bits per heavy atom. The van der Waals surface area contributed by atoms with E-state index in [4.69, 9.17) is 11.6 Å². The van der Waals surface area contributed by atoms with E-state index in [1.165, 1.54) is 11.8 Å². The number of hydrogen-bond acceptors (Lipinski definition) is 3. The molecule has 0 radical (unpaired) electrons. The number of benzene rings is 3. The van der Waals surface area contributed by atoms with Gasteiger partial charge in [-0.15, -0.1) is 11.8 Å². The molecule has 2 amide bonds. The highest BCUT2D eigenvalue weighted by atomic mass is 79.9. The van der Waals surface area contributed by atoms with Crippen LogP contribution in [0, 0.1) is 0 Å². The zero-order chi connectivity index (χ0) is 24.3. The van der Waals surface area contributed by atoms with Crippen molar-refractivity contribution >= 4 is 51.1 Å². The van der Waals surface area contributed by atoms with Gasteiger partial charge in [-0.2, -0.15) is 0 Å². The van der Waals surface area contributed by atoms with Crippen LogP contribution in [0.4, 0.5) is 0 Å². The van der Waals surface area contributed by atoms with Gasteiger partial charge >= 0.3 is 0 Å². The van der Waals surface area contributed by atoms with Gasteiger partial charge in [0.1, 0.15) is 6.04 Å². The Morgan fingerprint density at radius 2 is 1.65 bits per heavy atom. The van der Waals surface area contributed by atoms with E-state index in [0.717, 1.165) is 21.2 Å². The minimum atomic E-state index is -0.612. The molecule has 0 aliphatic carbocycles. The summed E-state index contributed by atoms with van der Waals surface area (Å²) >= 11 is 11.2. The topological polar surface area (TPSA) is 49.4 Å². The SMILES string of the molecule is CCNC(=O)[C@H](Cc1ccccc1)N(Cc1ccc(Br)cc1)C(=O)CSCc1ccccc1Cl. The standard InChI is InChI=1S/C27H28BrClN2O2S/c1-2-30-27(33)25(16-20-8-4-3-5-9-20)31(17-21-12-14-23(28)15-13-21)26(32)19-34-18-22-10-6-7-11-24(22)29/h3-15,25H,2,16-19H2,1H3,(H,30,33)/t25-/m0/s1. The molecule has 0 unspecified atom stereocenters. The first-order chi connectivity index (χ1) is 16.5. The van der Waals surface area contributed by atoms with Crippen molar-refractivity contribution in [3.8, 4) is 0 Å². The molecular weight excluding hydrogens is 532 g/mol. The quantitative estimate of drug-likeness (QED) is 0.308. The van der Waals surface area contributed by atoms with Crippen molar-refractivity contribution in [2.75, 3.05) is 12.3 Å². The van der Waals surface area contributed by atoms with E-state index in [1.807, 2.05) is 85.8 Å². The van der Waals surface area contributed by atoms with Crippen LogP contribution in [-0.4, -0.2) is 35.1 Å². The molecule has 0 aromatic heterocycles. The summed E-state index contributed by atoms with van der Waals surface area (Å²) in [6.45, 7) is 2.75. The van der Waals surface area contributed by atoms with Crippen LogP contribution in [0.25, 0.3) is 0 Å². The Balaban J connectivity index is 1.82. The Kier molecular flexibility index (Phi) is 10.5. The van der Waals surface area contributed by atoms with Gasteiger partial charge in [0.25, 0.3) is 0 Å². The predicted molar refractivity (Wildman–Crippen MR) is 145 cm³/mol. The normalized spacial score (nSPS) is 11.6. The van der Waals surface area contributed by atoms with Gasteiger partial charge < -0.3 is 10.2 Å². The lowest BCUT2D eigenvalue weighted by molar-refractivity contribution is -0.139. The van der Waals surface area contributed by atoms with Gasteiger partial charge in [0.2, 0.25) is 11.8 Å². The first-order valence-corrected chi connectivity index (χ1v) is 13.5. The maximum Gasteiger partial charge on any atom is 0.243 e. The van der Waals surface area contributed by atoms with E-state index in [2.05, 4.69) is 21.2 Å². The average Bonchev–Trinajstić information content (AvgIpc) is 2.84. The molecule has 178 valence electrons. The smallest absolute Gasteiger partial charge is 0.243 e. The fourth-order valence-corrected chi connectivity index (χ4v) is 5.04. The van der Waals surface area contributed by atoms with Gasteiger partial charge in [0.05, 0.1) is 5.75 Å². The van der Waals surface area contributed by atoms with Crippen LogP contribution in [0.2, 0.25) is 5.02 Å². The highest BCUT2D eigenvalue weighted by molar-refractivity contribution is 9.10. The highest BCUT2D eigenvalue weighted by Gasteiger charge is 2.30. The van der Waals surface area contributed by atoms with Crippen LogP contribution in [0.15, 0.2) is 83.3 Å². The van der Waals surface area contributed by atoms with Gasteiger partial charge in [-0.05, 0) is 41.8 Å². The van der Waals surface area contributed by atoms with Gasteiger partial charge in [-0.25, -0.2) is 0 Å². The van der Waals surface area contributed by atoms with Crippen molar-refractivity contribution in [3.05, 3.63) is 105 Å². The Bertz CT molecular complexity index is 1080. The molecule has 0 aliphatic heterocycles. The molecule has 0 heterocycles. The first kappa shape index (κ1) is 26.3. The molecule has 0 spiro atoms. The summed E-state index contributed by atoms with van der Waals surface area (Å²) in [5.74, 6) is 0.661. The molecular formula is C27H28BrClN2O2S.